The Morgan fingerprint density at radius 1 is 0.450 bits per heavy atom. The van der Waals surface area contributed by atoms with Crippen LogP contribution in [-0.2, 0) is 0 Å². The first-order valence-corrected chi connectivity index (χ1v) is 2.19. The van der Waals surface area contributed by atoms with Gasteiger partial charge >= 0.3 is 93.1 Å². The van der Waals surface area contributed by atoms with Crippen LogP contribution in [0.1, 0.15) is 0 Å². The van der Waals surface area contributed by atoms with Crippen molar-refractivity contribution in [2.75, 3.05) is 0 Å². The summed E-state index contributed by atoms with van der Waals surface area (Å²) in [4.78, 5) is 33.0. The van der Waals surface area contributed by atoms with Crippen molar-refractivity contribution in [3.05, 3.63) is 61.3 Å². The maximum atomic E-state index is 8.25. The van der Waals surface area contributed by atoms with Gasteiger partial charge in [0, 0.05) is 0 Å². The average molecular weight is 463 g/mol. The maximum absolute atomic E-state index is 8.25. The summed E-state index contributed by atoms with van der Waals surface area (Å²) in [7, 11) is 0. The molecule has 0 aliphatic carbocycles. The van der Waals surface area contributed by atoms with Gasteiger partial charge in [0.25, 0.3) is 0 Å². The average Bonchev–Trinajstić information content (AvgIpc) is 1.76. The van der Waals surface area contributed by atoms with Crippen LogP contribution in [0.25, 0.3) is 0 Å². The molecule has 4 N–H and O–H groups in total. The molecule has 0 amide bonds. The van der Waals surface area contributed by atoms with Crippen molar-refractivity contribution in [3.8, 4) is 0 Å². The van der Waals surface area contributed by atoms with E-state index in [0.717, 1.165) is 0 Å². The van der Waals surface area contributed by atoms with E-state index in [9.17, 15) is 0 Å². The van der Waals surface area contributed by atoms with Gasteiger partial charge in [-0.2, -0.15) is 0 Å². The van der Waals surface area contributed by atoms with Crippen molar-refractivity contribution in [1.29, 1.82) is 0 Å². The molecule has 1 radical (unpaired) electrons. The molecule has 0 heterocycles. The zero-order chi connectivity index (χ0) is 14.3. The smallest absolute Gasteiger partial charge is 0.412 e. The van der Waals surface area contributed by atoms with Crippen LogP contribution in [0.5, 0.6) is 0 Å². The molecule has 20 heavy (non-hydrogen) atoms. The molecule has 0 spiro atoms. The van der Waals surface area contributed by atoms with Crippen LogP contribution in [0.3, 0.4) is 0 Å². The topological polar surface area (TPSA) is 328 Å². The third-order valence-corrected chi connectivity index (χ3v) is 0. The van der Waals surface area contributed by atoms with Gasteiger partial charge in [-0.05, 0) is 0 Å². The monoisotopic (exact) mass is 463 g/mol. The van der Waals surface area contributed by atoms with E-state index in [2.05, 4.69) is 0 Å². The number of hydrogen-bond donors (Lipinski definition) is 0. The fourth-order valence-corrected chi connectivity index (χ4v) is 0. The molecule has 0 saturated heterocycles. The molecule has 0 aromatic rings. The first-order chi connectivity index (χ1) is 6.93. The molecule has 0 aromatic heterocycles. The predicted octanol–water partition coefficient (Wildman–Crippen LogP) is -5.60. The van der Waals surface area contributed by atoms with Gasteiger partial charge in [-0.25, -0.2) is 0 Å². The van der Waals surface area contributed by atoms with E-state index < -0.39 is 20.3 Å². The molecule has 0 saturated carbocycles. The normalized spacial score (nSPS) is 4.80. The SMILES string of the molecule is O.O.O=[N+]([O-])[O-].O=[N+]([O-])[O-].O=[N+]([O-])[O-].O=[N+]([O-])[O-].[Ce+3].[K+]. The fourth-order valence-electron chi connectivity index (χ4n) is 0. The molecule has 0 bridgehead atoms. The number of nitrogens with zero attached hydrogens (tertiary/aromatic N) is 4. The predicted molar refractivity (Wildman–Crippen MR) is 48.7 cm³/mol. The summed E-state index contributed by atoms with van der Waals surface area (Å²) in [5.74, 6) is 0. The van der Waals surface area contributed by atoms with E-state index in [1.165, 1.54) is 0 Å². The van der Waals surface area contributed by atoms with Gasteiger partial charge in [-0.15, -0.1) is 0 Å². The van der Waals surface area contributed by atoms with E-state index in [0.29, 0.717) is 0 Å². The van der Waals surface area contributed by atoms with Gasteiger partial charge in [0.1, 0.15) is 0 Å². The molecule has 20 heteroatoms. The summed E-state index contributed by atoms with van der Waals surface area (Å²) in [6, 6.07) is 0. The van der Waals surface area contributed by atoms with Crippen molar-refractivity contribution < 1.29 is 124 Å². The van der Waals surface area contributed by atoms with Crippen LogP contribution in [-0.4, -0.2) is 31.3 Å². The summed E-state index contributed by atoms with van der Waals surface area (Å²) in [5, 5.41) is 59.0. The maximum Gasteiger partial charge on any atom is 3.00 e. The standard InChI is InChI=1S/Ce.K.4NO3.2H2O/c;;4*2-1(3)4;;/h;;;;;;2*1H2/q+3;+1;4*-1;;. The molecule has 0 fully saturated rings. The Morgan fingerprint density at radius 3 is 0.450 bits per heavy atom. The van der Waals surface area contributed by atoms with Crippen molar-refractivity contribution in [3.63, 3.8) is 0 Å². The van der Waals surface area contributed by atoms with E-state index in [4.69, 9.17) is 61.3 Å². The van der Waals surface area contributed by atoms with Gasteiger partial charge in [0.2, 0.25) is 0 Å². The second kappa shape index (κ2) is 42.8. The molecule has 18 nitrogen and oxygen atoms in total. The van der Waals surface area contributed by atoms with Crippen molar-refractivity contribution in [2.45, 2.75) is 0 Å². The van der Waals surface area contributed by atoms with Gasteiger partial charge in [0.15, 0.2) is 0 Å². The van der Waals surface area contributed by atoms with E-state index in [1.54, 1.807) is 0 Å². The first kappa shape index (κ1) is 50.3. The summed E-state index contributed by atoms with van der Waals surface area (Å²) in [6.07, 6.45) is 0. The Labute approximate surface area is 183 Å². The van der Waals surface area contributed by atoms with Crippen molar-refractivity contribution in [1.82, 2.24) is 0 Å². The Morgan fingerprint density at radius 2 is 0.450 bits per heavy atom. The minimum atomic E-state index is -1.75. The second-order valence-corrected chi connectivity index (χ2v) is 0.894. The van der Waals surface area contributed by atoms with E-state index in [1.807, 2.05) is 0 Å². The summed E-state index contributed by atoms with van der Waals surface area (Å²) >= 11 is 0. The molecule has 0 aromatic carbocycles. The molecular formula is H4CeKN4O14. The van der Waals surface area contributed by atoms with Crippen LogP contribution >= 0.6 is 0 Å². The molecule has 113 valence electrons. The minimum Gasteiger partial charge on any atom is -0.412 e. The van der Waals surface area contributed by atoms with Crippen LogP contribution in [0.4, 0.5) is 0 Å². The van der Waals surface area contributed by atoms with Crippen LogP contribution in [0, 0.1) is 103 Å². The van der Waals surface area contributed by atoms with Gasteiger partial charge in [-0.3, -0.25) is 0 Å². The fraction of sp³-hybridized carbons (Fsp3) is 0. The van der Waals surface area contributed by atoms with E-state index in [-0.39, 0.29) is 104 Å². The van der Waals surface area contributed by atoms with E-state index >= 15 is 0 Å². The summed E-state index contributed by atoms with van der Waals surface area (Å²) < 4.78 is 0. The first-order valence-electron chi connectivity index (χ1n) is 2.19. The Balaban J connectivity index is -0.0000000150. The molecule has 0 atom stereocenters. The summed E-state index contributed by atoms with van der Waals surface area (Å²) in [5.41, 5.74) is 0. The third kappa shape index (κ3) is 69600. The molecule has 0 unspecified atom stereocenters. The second-order valence-electron chi connectivity index (χ2n) is 0.894. The van der Waals surface area contributed by atoms with Crippen molar-refractivity contribution >= 4 is 0 Å². The quantitative estimate of drug-likeness (QED) is 0.184. The zero-order valence-electron chi connectivity index (χ0n) is 9.19. The Bertz CT molecular complexity index is 165. The van der Waals surface area contributed by atoms with Crippen LogP contribution < -0.4 is 51.4 Å². The van der Waals surface area contributed by atoms with Crippen molar-refractivity contribution in [2.24, 2.45) is 0 Å². The molecule has 0 aliphatic rings. The molecular weight excluding hydrogens is 459 g/mol. The largest absolute Gasteiger partial charge is 3.00 e. The van der Waals surface area contributed by atoms with Gasteiger partial charge < -0.3 is 72.2 Å². The Hall–Kier alpha value is -0.267. The molecule has 0 rings (SSSR count). The van der Waals surface area contributed by atoms with Crippen LogP contribution in [0.15, 0.2) is 0 Å². The minimum absolute atomic E-state index is 0. The number of rotatable bonds is 0. The number of hydrogen-bond acceptors (Lipinski definition) is 12. The van der Waals surface area contributed by atoms with Gasteiger partial charge in [-0.1, -0.05) is 0 Å². The zero-order valence-corrected chi connectivity index (χ0v) is 15.5. The summed E-state index contributed by atoms with van der Waals surface area (Å²) in [6.45, 7) is 0. The third-order valence-electron chi connectivity index (χ3n) is 0. The van der Waals surface area contributed by atoms with Gasteiger partial charge in [0.05, 0.1) is 20.3 Å². The molecule has 0 aliphatic heterocycles. The Kier molecular flexibility index (Phi) is 108. The van der Waals surface area contributed by atoms with Crippen LogP contribution in [0.2, 0.25) is 0 Å².